The Bertz CT molecular complexity index is 922. The van der Waals surface area contributed by atoms with E-state index in [1.165, 1.54) is 41.2 Å². The Balaban J connectivity index is 1.73. The van der Waals surface area contributed by atoms with Crippen molar-refractivity contribution in [1.29, 1.82) is 0 Å². The number of nitrogens with zero attached hydrogens (tertiary/aromatic N) is 2. The zero-order valence-corrected chi connectivity index (χ0v) is 15.7. The van der Waals surface area contributed by atoms with Gasteiger partial charge in [0.05, 0.1) is 23.1 Å². The number of nitrogens with one attached hydrogen (secondary N) is 1. The molecule has 1 aromatic heterocycles. The molecule has 1 atom stereocenters. The Morgan fingerprint density at radius 2 is 2.26 bits per heavy atom. The quantitative estimate of drug-likeness (QED) is 0.463. The molecule has 2 N–H and O–H groups in total. The van der Waals surface area contributed by atoms with Crippen LogP contribution in [0.5, 0.6) is 11.5 Å². The maximum Gasteiger partial charge on any atom is 0.315 e. The van der Waals surface area contributed by atoms with Crippen molar-refractivity contribution in [1.82, 2.24) is 5.43 Å². The normalized spacial score (nSPS) is 16.1. The summed E-state index contributed by atoms with van der Waals surface area (Å²) in [6.07, 6.45) is 4.38. The number of hydrogen-bond acceptors (Lipinski definition) is 7. The van der Waals surface area contributed by atoms with Crippen LogP contribution in [0.2, 0.25) is 0 Å². The first-order valence-electron chi connectivity index (χ1n) is 8.39. The van der Waals surface area contributed by atoms with Crippen molar-refractivity contribution in [3.8, 4) is 11.5 Å². The van der Waals surface area contributed by atoms with Gasteiger partial charge in [0.1, 0.15) is 0 Å². The molecule has 8 nitrogen and oxygen atoms in total. The summed E-state index contributed by atoms with van der Waals surface area (Å²) in [7, 11) is 1.29. The minimum absolute atomic E-state index is 0.0444. The molecule has 1 aromatic carbocycles. The molecule has 0 fully saturated rings. The van der Waals surface area contributed by atoms with Crippen LogP contribution in [-0.2, 0) is 12.8 Å². The third-order valence-electron chi connectivity index (χ3n) is 4.43. The lowest BCUT2D eigenvalue weighted by Crippen LogP contribution is -2.16. The largest absolute Gasteiger partial charge is 0.500 e. The molecular weight excluding hydrogens is 370 g/mol. The molecule has 1 aliphatic carbocycles. The number of phenols is 1. The number of aromatic hydroxyl groups is 1. The highest BCUT2D eigenvalue weighted by atomic mass is 32.1. The molecule has 27 heavy (non-hydrogen) atoms. The Morgan fingerprint density at radius 3 is 2.96 bits per heavy atom. The molecule has 0 saturated heterocycles. The van der Waals surface area contributed by atoms with E-state index in [0.29, 0.717) is 16.4 Å². The molecule has 1 amide bonds. The number of methoxy groups -OCH3 is 1. The highest BCUT2D eigenvalue weighted by Gasteiger charge is 2.21. The summed E-state index contributed by atoms with van der Waals surface area (Å²) in [5, 5.41) is 24.6. The van der Waals surface area contributed by atoms with E-state index in [2.05, 4.69) is 17.5 Å². The SMILES string of the molecule is COc1cc(/C=N/NC(=O)c2cc3c(s2)CC[C@@H](C)C3)cc([N+](=O)[O-])c1O. The van der Waals surface area contributed by atoms with Gasteiger partial charge in [-0.1, -0.05) is 6.92 Å². The summed E-state index contributed by atoms with van der Waals surface area (Å²) in [5.74, 6) is -0.293. The number of phenolic OH excluding ortho intramolecular Hbond substituents is 1. The minimum Gasteiger partial charge on any atom is -0.500 e. The van der Waals surface area contributed by atoms with Crippen molar-refractivity contribution >= 4 is 29.1 Å². The Morgan fingerprint density at radius 1 is 1.48 bits per heavy atom. The number of hydrazone groups is 1. The summed E-state index contributed by atoms with van der Waals surface area (Å²) < 4.78 is 4.93. The maximum atomic E-state index is 12.3. The number of thiophene rings is 1. The number of nitro groups is 1. The van der Waals surface area contributed by atoms with Gasteiger partial charge in [0.15, 0.2) is 5.75 Å². The van der Waals surface area contributed by atoms with Crippen LogP contribution in [0.15, 0.2) is 23.3 Å². The third kappa shape index (κ3) is 4.08. The van der Waals surface area contributed by atoms with Crippen molar-refractivity contribution in [2.24, 2.45) is 11.0 Å². The second-order valence-corrected chi connectivity index (χ2v) is 7.59. The lowest BCUT2D eigenvalue weighted by molar-refractivity contribution is -0.386. The van der Waals surface area contributed by atoms with Gasteiger partial charge in [-0.15, -0.1) is 11.3 Å². The molecule has 0 spiro atoms. The van der Waals surface area contributed by atoms with Crippen molar-refractivity contribution in [3.05, 3.63) is 49.2 Å². The number of benzene rings is 1. The predicted octanol–water partition coefficient (Wildman–Crippen LogP) is 3.26. The van der Waals surface area contributed by atoms with Crippen LogP contribution in [0.25, 0.3) is 0 Å². The van der Waals surface area contributed by atoms with Gasteiger partial charge >= 0.3 is 5.69 Å². The molecule has 142 valence electrons. The predicted molar refractivity (Wildman–Crippen MR) is 102 cm³/mol. The maximum absolute atomic E-state index is 12.3. The molecule has 3 rings (SSSR count). The van der Waals surface area contributed by atoms with Crippen LogP contribution in [0, 0.1) is 16.0 Å². The fourth-order valence-electron chi connectivity index (χ4n) is 3.02. The molecule has 1 aliphatic rings. The van der Waals surface area contributed by atoms with E-state index in [0.717, 1.165) is 25.3 Å². The zero-order valence-electron chi connectivity index (χ0n) is 14.9. The first-order chi connectivity index (χ1) is 12.9. The van der Waals surface area contributed by atoms with E-state index >= 15 is 0 Å². The third-order valence-corrected chi connectivity index (χ3v) is 5.66. The van der Waals surface area contributed by atoms with E-state index in [1.54, 1.807) is 0 Å². The van der Waals surface area contributed by atoms with E-state index in [4.69, 9.17) is 4.74 Å². The number of fused-ring (bicyclic) bond motifs is 1. The average Bonchev–Trinajstić information content (AvgIpc) is 3.05. The van der Waals surface area contributed by atoms with Crippen LogP contribution in [0.1, 0.15) is 39.0 Å². The van der Waals surface area contributed by atoms with Gasteiger partial charge < -0.3 is 9.84 Å². The van der Waals surface area contributed by atoms with Crippen LogP contribution in [0.4, 0.5) is 5.69 Å². The molecule has 0 bridgehead atoms. The van der Waals surface area contributed by atoms with Crippen molar-refractivity contribution < 1.29 is 19.6 Å². The summed E-state index contributed by atoms with van der Waals surface area (Å²) in [6, 6.07) is 4.46. The second kappa shape index (κ2) is 7.75. The number of carbonyl (C=O) groups is 1. The Hall–Kier alpha value is -2.94. The fraction of sp³-hybridized carbons (Fsp3) is 0.333. The van der Waals surface area contributed by atoms with Crippen LogP contribution in [0.3, 0.4) is 0 Å². The molecular formula is C18H19N3O5S. The van der Waals surface area contributed by atoms with E-state index < -0.39 is 16.4 Å². The van der Waals surface area contributed by atoms with Crippen molar-refractivity contribution in [3.63, 3.8) is 0 Å². The van der Waals surface area contributed by atoms with Gasteiger partial charge in [0.2, 0.25) is 5.75 Å². The number of hydrogen-bond donors (Lipinski definition) is 2. The monoisotopic (exact) mass is 389 g/mol. The van der Waals surface area contributed by atoms with Gasteiger partial charge in [-0.2, -0.15) is 5.10 Å². The van der Waals surface area contributed by atoms with Crippen molar-refractivity contribution in [2.75, 3.05) is 7.11 Å². The minimum atomic E-state index is -0.717. The summed E-state index contributed by atoms with van der Waals surface area (Å²) >= 11 is 1.48. The number of carbonyl (C=O) groups excluding carboxylic acids is 1. The fourth-order valence-corrected chi connectivity index (χ4v) is 4.12. The standard InChI is InChI=1S/C18H19N3O5S/c1-10-3-4-15-12(5-10)8-16(27-15)18(23)20-19-9-11-6-13(21(24)25)17(22)14(7-11)26-2/h6-10,22H,3-5H2,1-2H3,(H,20,23)/b19-9+/t10-/m1/s1. The lowest BCUT2D eigenvalue weighted by Gasteiger charge is -2.16. The molecule has 0 radical (unpaired) electrons. The molecule has 9 heteroatoms. The highest BCUT2D eigenvalue weighted by molar-refractivity contribution is 7.14. The number of ether oxygens (including phenoxy) is 1. The number of amides is 1. The van der Waals surface area contributed by atoms with Gasteiger partial charge in [-0.05, 0) is 42.9 Å². The van der Waals surface area contributed by atoms with Gasteiger partial charge in [0.25, 0.3) is 5.91 Å². The topological polar surface area (TPSA) is 114 Å². The molecule has 2 aromatic rings. The van der Waals surface area contributed by atoms with Crippen LogP contribution < -0.4 is 10.2 Å². The number of aryl methyl sites for hydroxylation is 1. The Kier molecular flexibility index (Phi) is 5.41. The van der Waals surface area contributed by atoms with Crippen molar-refractivity contribution in [2.45, 2.75) is 26.2 Å². The van der Waals surface area contributed by atoms with Crippen LogP contribution >= 0.6 is 11.3 Å². The number of nitro benzene ring substituents is 1. The Labute approximate surface area is 159 Å². The zero-order chi connectivity index (χ0) is 19.6. The summed E-state index contributed by atoms with van der Waals surface area (Å²) in [6.45, 7) is 2.20. The first kappa shape index (κ1) is 18.8. The van der Waals surface area contributed by atoms with E-state index in [1.807, 2.05) is 6.07 Å². The summed E-state index contributed by atoms with van der Waals surface area (Å²) in [4.78, 5) is 24.4. The second-order valence-electron chi connectivity index (χ2n) is 6.45. The summed E-state index contributed by atoms with van der Waals surface area (Å²) in [5.41, 5.74) is 3.48. The van der Waals surface area contributed by atoms with Gasteiger partial charge in [-0.3, -0.25) is 14.9 Å². The highest BCUT2D eigenvalue weighted by Crippen LogP contribution is 2.36. The first-order valence-corrected chi connectivity index (χ1v) is 9.21. The van der Waals surface area contributed by atoms with Gasteiger partial charge in [-0.25, -0.2) is 5.43 Å². The molecule has 0 unspecified atom stereocenters. The molecule has 0 aliphatic heterocycles. The van der Waals surface area contributed by atoms with E-state index in [-0.39, 0.29) is 11.7 Å². The lowest BCUT2D eigenvalue weighted by atomic mass is 9.90. The molecule has 0 saturated carbocycles. The number of rotatable bonds is 5. The van der Waals surface area contributed by atoms with Crippen LogP contribution in [-0.4, -0.2) is 29.3 Å². The average molecular weight is 389 g/mol. The van der Waals surface area contributed by atoms with Gasteiger partial charge in [0, 0.05) is 16.5 Å². The smallest absolute Gasteiger partial charge is 0.315 e. The van der Waals surface area contributed by atoms with E-state index in [9.17, 15) is 20.0 Å². The molecule has 1 heterocycles.